The van der Waals surface area contributed by atoms with Gasteiger partial charge in [-0.3, -0.25) is 0 Å². The van der Waals surface area contributed by atoms with Crippen molar-refractivity contribution < 1.29 is 19.4 Å². The molecule has 0 saturated heterocycles. The van der Waals surface area contributed by atoms with Crippen LogP contribution in [0.2, 0.25) is 0 Å². The van der Waals surface area contributed by atoms with Crippen LogP contribution in [0.3, 0.4) is 0 Å². The minimum Gasteiger partial charge on any atom is -0.491 e. The Morgan fingerprint density at radius 3 is 2.41 bits per heavy atom. The summed E-state index contributed by atoms with van der Waals surface area (Å²) in [6, 6.07) is 16.1. The Balaban J connectivity index is 1.36. The zero-order chi connectivity index (χ0) is 24.1. The monoisotopic (exact) mass is 464 g/mol. The molecular weight excluding hydrogens is 428 g/mol. The Hall–Kier alpha value is -2.99. The standard InChI is InChI=1S/C28H36N2O4/c1-28(2,3)34-27(32)30(24-12-6-7-13-24)16-21-9-8-14-26(15-21)33-20-25(31)19-29-17-22-10-4-5-11-23(22)18-29/h4-5,8-11,14-15,17-18,24-25,31H,6-7,12-13,16,19-20H2,1-3H3. The Morgan fingerprint density at radius 1 is 1.09 bits per heavy atom. The molecule has 1 aromatic heterocycles. The molecule has 34 heavy (non-hydrogen) atoms. The predicted octanol–water partition coefficient (Wildman–Crippen LogP) is 5.76. The summed E-state index contributed by atoms with van der Waals surface area (Å²) in [5.41, 5.74) is 0.460. The number of carbonyl (C=O) groups is 1. The van der Waals surface area contributed by atoms with Crippen LogP contribution in [0.25, 0.3) is 10.8 Å². The summed E-state index contributed by atoms with van der Waals surface area (Å²) in [4.78, 5) is 14.8. The molecule has 1 aliphatic carbocycles. The van der Waals surface area contributed by atoms with Gasteiger partial charge in [0.15, 0.2) is 0 Å². The average Bonchev–Trinajstić information content (AvgIpc) is 3.44. The van der Waals surface area contributed by atoms with E-state index >= 15 is 0 Å². The van der Waals surface area contributed by atoms with Crippen molar-refractivity contribution in [3.8, 4) is 5.75 Å². The summed E-state index contributed by atoms with van der Waals surface area (Å²) in [6.45, 7) is 6.82. The summed E-state index contributed by atoms with van der Waals surface area (Å²) in [5, 5.41) is 12.8. The second-order valence-corrected chi connectivity index (χ2v) is 10.2. The summed E-state index contributed by atoms with van der Waals surface area (Å²) in [5.74, 6) is 0.685. The van der Waals surface area contributed by atoms with Gasteiger partial charge < -0.3 is 24.0 Å². The molecule has 1 amide bonds. The van der Waals surface area contributed by atoms with Gasteiger partial charge in [-0.2, -0.15) is 0 Å². The van der Waals surface area contributed by atoms with E-state index in [1.54, 1.807) is 0 Å². The maximum absolute atomic E-state index is 12.9. The Bertz CT molecular complexity index is 1060. The number of ether oxygens (including phenoxy) is 2. The Morgan fingerprint density at radius 2 is 1.76 bits per heavy atom. The largest absolute Gasteiger partial charge is 0.491 e. The molecule has 6 nitrogen and oxygen atoms in total. The van der Waals surface area contributed by atoms with Crippen LogP contribution < -0.4 is 4.74 Å². The van der Waals surface area contributed by atoms with Crippen LogP contribution in [0.5, 0.6) is 5.75 Å². The van der Waals surface area contributed by atoms with Crippen molar-refractivity contribution in [1.82, 2.24) is 9.47 Å². The SMILES string of the molecule is CC(C)(C)OC(=O)N(Cc1cccc(OCC(O)Cn2cc3ccccc3c2)c1)C1CCCC1. The zero-order valence-corrected chi connectivity index (χ0v) is 20.4. The molecule has 0 spiro atoms. The van der Waals surface area contributed by atoms with Gasteiger partial charge in [0.2, 0.25) is 0 Å². The minimum absolute atomic E-state index is 0.191. The average molecular weight is 465 g/mol. The third-order valence-corrected chi connectivity index (χ3v) is 6.11. The first kappa shape index (κ1) is 24.1. The van der Waals surface area contributed by atoms with Crippen molar-refractivity contribution in [2.45, 2.75) is 77.3 Å². The second kappa shape index (κ2) is 10.5. The van der Waals surface area contributed by atoms with Crippen LogP contribution in [0.4, 0.5) is 4.79 Å². The molecule has 1 unspecified atom stereocenters. The number of benzene rings is 2. The third-order valence-electron chi connectivity index (χ3n) is 6.11. The van der Waals surface area contributed by atoms with Crippen LogP contribution in [0.1, 0.15) is 52.0 Å². The van der Waals surface area contributed by atoms with Crippen molar-refractivity contribution in [1.29, 1.82) is 0 Å². The number of aromatic nitrogens is 1. The molecule has 0 aliphatic heterocycles. The molecule has 3 aromatic rings. The topological polar surface area (TPSA) is 63.9 Å². The van der Waals surface area contributed by atoms with Crippen molar-refractivity contribution in [3.63, 3.8) is 0 Å². The molecule has 182 valence electrons. The first-order valence-corrected chi connectivity index (χ1v) is 12.2. The molecule has 1 atom stereocenters. The first-order chi connectivity index (χ1) is 16.3. The van der Waals surface area contributed by atoms with Crippen molar-refractivity contribution in [3.05, 3.63) is 66.5 Å². The molecular formula is C28H36N2O4. The summed E-state index contributed by atoms with van der Waals surface area (Å²) < 4.78 is 13.6. The molecule has 0 bridgehead atoms. The van der Waals surface area contributed by atoms with E-state index in [-0.39, 0.29) is 18.7 Å². The van der Waals surface area contributed by atoms with Crippen LogP contribution in [0, 0.1) is 0 Å². The van der Waals surface area contributed by atoms with Gasteiger partial charge in [-0.05, 0) is 62.1 Å². The van der Waals surface area contributed by atoms with E-state index < -0.39 is 11.7 Å². The number of rotatable bonds is 8. The van der Waals surface area contributed by atoms with E-state index in [1.165, 1.54) is 0 Å². The van der Waals surface area contributed by atoms with E-state index in [4.69, 9.17) is 9.47 Å². The fraction of sp³-hybridized carbons (Fsp3) is 0.464. The van der Waals surface area contributed by atoms with Gasteiger partial charge in [0.05, 0.1) is 6.54 Å². The maximum Gasteiger partial charge on any atom is 0.410 e. The number of aliphatic hydroxyl groups is 1. The zero-order valence-electron chi connectivity index (χ0n) is 20.4. The highest BCUT2D eigenvalue weighted by Crippen LogP contribution is 2.27. The van der Waals surface area contributed by atoms with Crippen LogP contribution in [0.15, 0.2) is 60.9 Å². The molecule has 1 fully saturated rings. The van der Waals surface area contributed by atoms with Gasteiger partial charge in [0.1, 0.15) is 24.1 Å². The number of hydrogen-bond donors (Lipinski definition) is 1. The molecule has 2 aromatic carbocycles. The lowest BCUT2D eigenvalue weighted by molar-refractivity contribution is 0.0144. The number of carbonyl (C=O) groups excluding carboxylic acids is 1. The molecule has 1 heterocycles. The van der Waals surface area contributed by atoms with Gasteiger partial charge in [0, 0.05) is 25.0 Å². The van der Waals surface area contributed by atoms with E-state index in [0.717, 1.165) is 42.0 Å². The van der Waals surface area contributed by atoms with Crippen LogP contribution in [-0.2, 0) is 17.8 Å². The number of aliphatic hydroxyl groups excluding tert-OH is 1. The van der Waals surface area contributed by atoms with Gasteiger partial charge in [-0.25, -0.2) is 4.79 Å². The normalized spacial score (nSPS) is 15.4. The number of nitrogens with zero attached hydrogens (tertiary/aromatic N) is 2. The Kier molecular flexibility index (Phi) is 7.47. The number of hydrogen-bond acceptors (Lipinski definition) is 4. The molecule has 0 radical (unpaired) electrons. The lowest BCUT2D eigenvalue weighted by Crippen LogP contribution is -2.41. The van der Waals surface area contributed by atoms with Gasteiger partial charge in [0.25, 0.3) is 0 Å². The van der Waals surface area contributed by atoms with E-state index in [2.05, 4.69) is 12.1 Å². The lowest BCUT2D eigenvalue weighted by atomic mass is 10.1. The second-order valence-electron chi connectivity index (χ2n) is 10.2. The molecule has 6 heteroatoms. The maximum atomic E-state index is 12.9. The van der Waals surface area contributed by atoms with E-state index in [9.17, 15) is 9.90 Å². The summed E-state index contributed by atoms with van der Waals surface area (Å²) in [7, 11) is 0. The molecule has 1 N–H and O–H groups in total. The smallest absolute Gasteiger partial charge is 0.410 e. The van der Waals surface area contributed by atoms with Gasteiger partial charge in [-0.1, -0.05) is 49.2 Å². The Labute approximate surface area is 202 Å². The van der Waals surface area contributed by atoms with E-state index in [0.29, 0.717) is 18.8 Å². The number of fused-ring (bicyclic) bond motifs is 1. The third kappa shape index (κ3) is 6.54. The quantitative estimate of drug-likeness (QED) is 0.460. The van der Waals surface area contributed by atoms with E-state index in [1.807, 2.05) is 79.0 Å². The van der Waals surface area contributed by atoms with Crippen molar-refractivity contribution >= 4 is 16.9 Å². The molecule has 4 rings (SSSR count). The minimum atomic E-state index is -0.637. The summed E-state index contributed by atoms with van der Waals surface area (Å²) >= 11 is 0. The number of amides is 1. The molecule has 1 aliphatic rings. The van der Waals surface area contributed by atoms with Crippen molar-refractivity contribution in [2.75, 3.05) is 6.61 Å². The van der Waals surface area contributed by atoms with Gasteiger partial charge >= 0.3 is 6.09 Å². The highest BCUT2D eigenvalue weighted by atomic mass is 16.6. The highest BCUT2D eigenvalue weighted by Gasteiger charge is 2.30. The fourth-order valence-corrected chi connectivity index (χ4v) is 4.54. The summed E-state index contributed by atoms with van der Waals surface area (Å²) in [6.07, 6.45) is 7.47. The first-order valence-electron chi connectivity index (χ1n) is 12.2. The lowest BCUT2D eigenvalue weighted by Gasteiger charge is -2.31. The van der Waals surface area contributed by atoms with Gasteiger partial charge in [-0.15, -0.1) is 0 Å². The fourth-order valence-electron chi connectivity index (χ4n) is 4.54. The molecule has 1 saturated carbocycles. The van der Waals surface area contributed by atoms with Crippen LogP contribution in [-0.4, -0.2) is 45.0 Å². The van der Waals surface area contributed by atoms with Crippen molar-refractivity contribution in [2.24, 2.45) is 0 Å². The highest BCUT2D eigenvalue weighted by molar-refractivity contribution is 5.82. The predicted molar refractivity (Wildman–Crippen MR) is 134 cm³/mol. The van der Waals surface area contributed by atoms with Crippen LogP contribution >= 0.6 is 0 Å².